The average molecular weight is 366 g/mol. The molecule has 0 atom stereocenters. The molecule has 2 N–H and O–H groups in total. The first-order valence-corrected chi connectivity index (χ1v) is 8.78. The minimum Gasteiger partial charge on any atom is -0.335 e. The standard InChI is InChI=1S/C15H16ClN5O2S/c1-21-13(9-2-4-10(16)5-3-9)19-20-15(21)24-8-12(22)18-14(23)17-11-6-7-11/h2-5,11H,6-8H2,1H3,(H2,17,18,22,23). The first-order valence-electron chi connectivity index (χ1n) is 7.41. The summed E-state index contributed by atoms with van der Waals surface area (Å²) in [5.41, 5.74) is 0.884. The maximum Gasteiger partial charge on any atom is 0.321 e. The normalized spacial score (nSPS) is 13.6. The van der Waals surface area contributed by atoms with Crippen molar-refractivity contribution >= 4 is 35.3 Å². The molecule has 1 aliphatic carbocycles. The van der Waals surface area contributed by atoms with Crippen molar-refractivity contribution in [3.05, 3.63) is 29.3 Å². The van der Waals surface area contributed by atoms with Gasteiger partial charge in [-0.1, -0.05) is 23.4 Å². The Balaban J connectivity index is 1.56. The number of amides is 3. The molecule has 126 valence electrons. The van der Waals surface area contributed by atoms with Crippen molar-refractivity contribution in [1.82, 2.24) is 25.4 Å². The van der Waals surface area contributed by atoms with Gasteiger partial charge in [0.2, 0.25) is 5.91 Å². The van der Waals surface area contributed by atoms with Crippen LogP contribution >= 0.6 is 23.4 Å². The number of nitrogens with zero attached hydrogens (tertiary/aromatic N) is 3. The van der Waals surface area contributed by atoms with Crippen LogP contribution < -0.4 is 10.6 Å². The van der Waals surface area contributed by atoms with E-state index in [0.717, 1.165) is 18.4 Å². The fourth-order valence-corrected chi connectivity index (χ4v) is 2.87. The number of aromatic nitrogens is 3. The second kappa shape index (κ2) is 7.23. The summed E-state index contributed by atoms with van der Waals surface area (Å²) in [5, 5.41) is 14.5. The van der Waals surface area contributed by atoms with Crippen LogP contribution in [0.5, 0.6) is 0 Å². The summed E-state index contributed by atoms with van der Waals surface area (Å²) in [6, 6.07) is 7.05. The van der Waals surface area contributed by atoms with Crippen LogP contribution in [0.2, 0.25) is 5.02 Å². The zero-order chi connectivity index (χ0) is 17.1. The second-order valence-corrected chi connectivity index (χ2v) is 6.84. The summed E-state index contributed by atoms with van der Waals surface area (Å²) in [4.78, 5) is 23.3. The SMILES string of the molecule is Cn1c(SCC(=O)NC(=O)NC2CC2)nnc1-c1ccc(Cl)cc1. The lowest BCUT2D eigenvalue weighted by Gasteiger charge is -2.06. The van der Waals surface area contributed by atoms with E-state index in [1.54, 1.807) is 16.7 Å². The highest BCUT2D eigenvalue weighted by Gasteiger charge is 2.24. The Labute approximate surface area is 148 Å². The van der Waals surface area contributed by atoms with Crippen molar-refractivity contribution in [1.29, 1.82) is 0 Å². The van der Waals surface area contributed by atoms with Gasteiger partial charge in [-0.2, -0.15) is 0 Å². The van der Waals surface area contributed by atoms with Crippen LogP contribution in [0.3, 0.4) is 0 Å². The maximum atomic E-state index is 11.8. The van der Waals surface area contributed by atoms with Crippen LogP contribution in [0.4, 0.5) is 4.79 Å². The Morgan fingerprint density at radius 2 is 2.00 bits per heavy atom. The molecule has 3 amide bonds. The van der Waals surface area contributed by atoms with E-state index in [0.29, 0.717) is 16.0 Å². The van der Waals surface area contributed by atoms with Crippen molar-refractivity contribution in [3.8, 4) is 11.4 Å². The van der Waals surface area contributed by atoms with Gasteiger partial charge in [-0.3, -0.25) is 10.1 Å². The van der Waals surface area contributed by atoms with E-state index in [-0.39, 0.29) is 17.7 Å². The minimum absolute atomic E-state index is 0.0880. The fourth-order valence-electron chi connectivity index (χ4n) is 2.03. The first-order chi connectivity index (χ1) is 11.5. The van der Waals surface area contributed by atoms with Gasteiger partial charge in [0, 0.05) is 23.7 Å². The van der Waals surface area contributed by atoms with E-state index in [4.69, 9.17) is 11.6 Å². The van der Waals surface area contributed by atoms with Gasteiger partial charge in [0.15, 0.2) is 11.0 Å². The van der Waals surface area contributed by atoms with E-state index in [1.807, 2.05) is 19.2 Å². The lowest BCUT2D eigenvalue weighted by Crippen LogP contribution is -2.41. The molecule has 1 fully saturated rings. The quantitative estimate of drug-likeness (QED) is 0.793. The fraction of sp³-hybridized carbons (Fsp3) is 0.333. The predicted molar refractivity (Wildman–Crippen MR) is 91.9 cm³/mol. The molecular weight excluding hydrogens is 350 g/mol. The smallest absolute Gasteiger partial charge is 0.321 e. The van der Waals surface area contributed by atoms with Crippen LogP contribution in [0.15, 0.2) is 29.4 Å². The van der Waals surface area contributed by atoms with Crippen LogP contribution in [0.1, 0.15) is 12.8 Å². The van der Waals surface area contributed by atoms with Gasteiger partial charge in [-0.25, -0.2) is 4.79 Å². The van der Waals surface area contributed by atoms with Crippen molar-refractivity contribution in [3.63, 3.8) is 0 Å². The number of hydrogen-bond donors (Lipinski definition) is 2. The third-order valence-electron chi connectivity index (χ3n) is 3.44. The molecule has 0 aliphatic heterocycles. The minimum atomic E-state index is -0.442. The molecule has 1 saturated carbocycles. The zero-order valence-corrected chi connectivity index (χ0v) is 14.5. The summed E-state index contributed by atoms with van der Waals surface area (Å²) in [5.74, 6) is 0.403. The van der Waals surface area contributed by atoms with Crippen molar-refractivity contribution in [2.75, 3.05) is 5.75 Å². The monoisotopic (exact) mass is 365 g/mol. The molecule has 0 spiro atoms. The molecule has 0 saturated heterocycles. The van der Waals surface area contributed by atoms with E-state index in [1.165, 1.54) is 11.8 Å². The zero-order valence-electron chi connectivity index (χ0n) is 13.0. The van der Waals surface area contributed by atoms with Gasteiger partial charge in [0.05, 0.1) is 5.75 Å². The highest BCUT2D eigenvalue weighted by Crippen LogP contribution is 2.23. The second-order valence-electron chi connectivity index (χ2n) is 5.46. The average Bonchev–Trinajstić information content (AvgIpc) is 3.28. The largest absolute Gasteiger partial charge is 0.335 e. The summed E-state index contributed by atoms with van der Waals surface area (Å²) in [7, 11) is 1.82. The third kappa shape index (κ3) is 4.27. The van der Waals surface area contributed by atoms with E-state index < -0.39 is 6.03 Å². The summed E-state index contributed by atoms with van der Waals surface area (Å²) < 4.78 is 1.80. The number of hydrogen-bond acceptors (Lipinski definition) is 5. The van der Waals surface area contributed by atoms with Gasteiger partial charge in [-0.15, -0.1) is 10.2 Å². The number of carbonyl (C=O) groups excluding carboxylic acids is 2. The summed E-state index contributed by atoms with van der Waals surface area (Å²) in [6.45, 7) is 0. The molecule has 2 aromatic rings. The number of urea groups is 1. The Bertz CT molecular complexity index is 758. The first kappa shape index (κ1) is 16.8. The van der Waals surface area contributed by atoms with E-state index in [9.17, 15) is 9.59 Å². The van der Waals surface area contributed by atoms with Gasteiger partial charge in [0.1, 0.15) is 0 Å². The highest BCUT2D eigenvalue weighted by atomic mass is 35.5. The lowest BCUT2D eigenvalue weighted by atomic mass is 10.2. The molecule has 1 aromatic carbocycles. The molecule has 0 unspecified atom stereocenters. The van der Waals surface area contributed by atoms with Crippen molar-refractivity contribution in [2.24, 2.45) is 7.05 Å². The van der Waals surface area contributed by atoms with Gasteiger partial charge in [-0.05, 0) is 37.1 Å². The van der Waals surface area contributed by atoms with Gasteiger partial charge >= 0.3 is 6.03 Å². The predicted octanol–water partition coefficient (Wildman–Crippen LogP) is 2.22. The van der Waals surface area contributed by atoms with Crippen molar-refractivity contribution in [2.45, 2.75) is 24.0 Å². The van der Waals surface area contributed by atoms with Crippen molar-refractivity contribution < 1.29 is 9.59 Å². The molecule has 0 radical (unpaired) electrons. The van der Waals surface area contributed by atoms with Crippen LogP contribution in [-0.4, -0.2) is 38.5 Å². The number of carbonyl (C=O) groups is 2. The van der Waals surface area contributed by atoms with Crippen LogP contribution in [-0.2, 0) is 11.8 Å². The van der Waals surface area contributed by atoms with E-state index >= 15 is 0 Å². The van der Waals surface area contributed by atoms with Gasteiger partial charge < -0.3 is 9.88 Å². The van der Waals surface area contributed by atoms with Crippen LogP contribution in [0.25, 0.3) is 11.4 Å². The maximum absolute atomic E-state index is 11.8. The molecule has 9 heteroatoms. The molecule has 1 aliphatic rings. The van der Waals surface area contributed by atoms with Gasteiger partial charge in [0.25, 0.3) is 0 Å². The molecule has 7 nitrogen and oxygen atoms in total. The summed E-state index contributed by atoms with van der Waals surface area (Å²) >= 11 is 7.10. The number of benzene rings is 1. The molecule has 3 rings (SSSR count). The van der Waals surface area contributed by atoms with Crippen LogP contribution in [0, 0.1) is 0 Å². The van der Waals surface area contributed by atoms with E-state index in [2.05, 4.69) is 20.8 Å². The molecule has 1 aromatic heterocycles. The summed E-state index contributed by atoms with van der Waals surface area (Å²) in [6.07, 6.45) is 1.95. The lowest BCUT2D eigenvalue weighted by molar-refractivity contribution is -0.117. The number of nitrogens with one attached hydrogen (secondary N) is 2. The number of halogens is 1. The number of imide groups is 1. The molecule has 0 bridgehead atoms. The molecule has 1 heterocycles. The molecule has 24 heavy (non-hydrogen) atoms. The Hall–Kier alpha value is -2.06. The number of thioether (sulfide) groups is 1. The topological polar surface area (TPSA) is 88.9 Å². The third-order valence-corrected chi connectivity index (χ3v) is 4.71. The molecular formula is C15H16ClN5O2S. The number of rotatable bonds is 5. The highest BCUT2D eigenvalue weighted by molar-refractivity contribution is 7.99. The Kier molecular flexibility index (Phi) is 5.06. The Morgan fingerprint density at radius 1 is 1.29 bits per heavy atom. The Morgan fingerprint density at radius 3 is 2.67 bits per heavy atom.